The van der Waals surface area contributed by atoms with Crippen LogP contribution in [0.2, 0.25) is 5.02 Å². The predicted molar refractivity (Wildman–Crippen MR) is 119 cm³/mol. The van der Waals surface area contributed by atoms with Crippen LogP contribution in [-0.2, 0) is 19.4 Å². The number of hydrogen-bond acceptors (Lipinski definition) is 5. The van der Waals surface area contributed by atoms with Gasteiger partial charge in [0.15, 0.2) is 15.9 Å². The fraction of sp³-hybridized carbons (Fsp3) is 0.167. The van der Waals surface area contributed by atoms with Crippen molar-refractivity contribution in [2.24, 2.45) is 0 Å². The second kappa shape index (κ2) is 9.90. The lowest BCUT2D eigenvalue weighted by molar-refractivity contribution is -0.146. The second-order valence-corrected chi connectivity index (χ2v) is 9.58. The number of carbonyl (C=O) groups is 2. The van der Waals surface area contributed by atoms with Gasteiger partial charge in [0.2, 0.25) is 5.78 Å². The molecule has 0 saturated heterocycles. The summed E-state index contributed by atoms with van der Waals surface area (Å²) in [6.45, 7) is 1.86. The molecule has 0 aliphatic rings. The largest absolute Gasteiger partial charge is 0.449 e. The third kappa shape index (κ3) is 6.03. The van der Waals surface area contributed by atoms with Gasteiger partial charge in [-0.1, -0.05) is 71.8 Å². The highest BCUT2D eigenvalue weighted by Crippen LogP contribution is 2.25. The molecule has 7 heteroatoms. The van der Waals surface area contributed by atoms with Crippen molar-refractivity contribution in [3.05, 3.63) is 101 Å². The summed E-state index contributed by atoms with van der Waals surface area (Å²) in [7, 11) is -3.65. The molecule has 0 unspecified atom stereocenters. The van der Waals surface area contributed by atoms with Crippen LogP contribution in [0.25, 0.3) is 0 Å². The standard InChI is InChI=1S/C24H21ClO5S/c1-17-7-13-21(14-8-17)31(28,29)16-15-22(26)30-24(19-9-11-20(25)12-10-19)23(27)18-5-3-2-4-6-18/h2-14,24H,15-16H2,1H3/t24-/m1/s1. The van der Waals surface area contributed by atoms with E-state index in [1.165, 1.54) is 12.1 Å². The Morgan fingerprint density at radius 1 is 0.903 bits per heavy atom. The Balaban J connectivity index is 1.76. The highest BCUT2D eigenvalue weighted by Gasteiger charge is 2.27. The Morgan fingerprint density at radius 3 is 2.13 bits per heavy atom. The lowest BCUT2D eigenvalue weighted by atomic mass is 10.00. The molecule has 3 aromatic carbocycles. The zero-order valence-electron chi connectivity index (χ0n) is 16.8. The number of esters is 1. The fourth-order valence-electron chi connectivity index (χ4n) is 2.94. The van der Waals surface area contributed by atoms with Crippen LogP contribution in [0, 0.1) is 6.92 Å². The van der Waals surface area contributed by atoms with Crippen LogP contribution in [0.4, 0.5) is 0 Å². The molecule has 0 spiro atoms. The minimum absolute atomic E-state index is 0.139. The molecule has 0 aliphatic heterocycles. The minimum atomic E-state index is -3.65. The van der Waals surface area contributed by atoms with Crippen molar-refractivity contribution in [3.8, 4) is 0 Å². The van der Waals surface area contributed by atoms with Crippen molar-refractivity contribution in [1.82, 2.24) is 0 Å². The number of rotatable bonds is 8. The van der Waals surface area contributed by atoms with Crippen LogP contribution in [0.15, 0.2) is 83.8 Å². The molecule has 160 valence electrons. The van der Waals surface area contributed by atoms with Crippen LogP contribution in [0.1, 0.15) is 34.0 Å². The first-order valence-corrected chi connectivity index (χ1v) is 11.6. The topological polar surface area (TPSA) is 77.5 Å². The van der Waals surface area contributed by atoms with Gasteiger partial charge in [0.05, 0.1) is 17.1 Å². The predicted octanol–water partition coefficient (Wildman–Crippen LogP) is 4.98. The number of ether oxygens (including phenoxy) is 1. The summed E-state index contributed by atoms with van der Waals surface area (Å²) in [6.07, 6.45) is -1.57. The van der Waals surface area contributed by atoms with E-state index >= 15 is 0 Å². The van der Waals surface area contributed by atoms with Crippen molar-refractivity contribution >= 4 is 33.2 Å². The molecule has 0 fully saturated rings. The van der Waals surface area contributed by atoms with Gasteiger partial charge in [0.25, 0.3) is 0 Å². The quantitative estimate of drug-likeness (QED) is 0.353. The zero-order chi connectivity index (χ0) is 22.4. The van der Waals surface area contributed by atoms with Crippen molar-refractivity contribution in [2.75, 3.05) is 5.75 Å². The number of halogens is 1. The lowest BCUT2D eigenvalue weighted by Gasteiger charge is -2.18. The number of hydrogen-bond donors (Lipinski definition) is 0. The van der Waals surface area contributed by atoms with E-state index in [-0.39, 0.29) is 11.3 Å². The number of benzene rings is 3. The number of aryl methyl sites for hydroxylation is 1. The lowest BCUT2D eigenvalue weighted by Crippen LogP contribution is -2.22. The molecule has 3 rings (SSSR count). The minimum Gasteiger partial charge on any atom is -0.449 e. The third-order valence-electron chi connectivity index (χ3n) is 4.67. The summed E-state index contributed by atoms with van der Waals surface area (Å²) in [6, 6.07) is 21.2. The van der Waals surface area contributed by atoms with E-state index in [1.807, 2.05) is 6.92 Å². The highest BCUT2D eigenvalue weighted by molar-refractivity contribution is 7.91. The maximum atomic E-state index is 13.0. The normalized spacial score (nSPS) is 12.2. The van der Waals surface area contributed by atoms with Gasteiger partial charge >= 0.3 is 5.97 Å². The van der Waals surface area contributed by atoms with Gasteiger partial charge in [-0.05, 0) is 31.2 Å². The Hall–Kier alpha value is -2.96. The molecule has 0 aromatic heterocycles. The van der Waals surface area contributed by atoms with Gasteiger partial charge in [0.1, 0.15) is 0 Å². The number of carbonyl (C=O) groups excluding carboxylic acids is 2. The van der Waals surface area contributed by atoms with Gasteiger partial charge < -0.3 is 4.74 Å². The fourth-order valence-corrected chi connectivity index (χ4v) is 4.28. The molecule has 0 heterocycles. The van der Waals surface area contributed by atoms with Gasteiger partial charge in [-0.25, -0.2) is 8.42 Å². The third-order valence-corrected chi connectivity index (χ3v) is 6.66. The van der Waals surface area contributed by atoms with E-state index in [4.69, 9.17) is 16.3 Å². The molecule has 0 N–H and O–H groups in total. The summed E-state index contributed by atoms with van der Waals surface area (Å²) < 4.78 is 30.5. The molecule has 1 atom stereocenters. The Kier molecular flexibility index (Phi) is 7.25. The smallest absolute Gasteiger partial charge is 0.307 e. The van der Waals surface area contributed by atoms with Crippen LogP contribution in [-0.4, -0.2) is 25.9 Å². The molecule has 0 aliphatic carbocycles. The van der Waals surface area contributed by atoms with Crippen LogP contribution in [0.5, 0.6) is 0 Å². The average Bonchev–Trinajstić information content (AvgIpc) is 2.77. The van der Waals surface area contributed by atoms with Crippen molar-refractivity contribution in [2.45, 2.75) is 24.3 Å². The van der Waals surface area contributed by atoms with Crippen molar-refractivity contribution < 1.29 is 22.7 Å². The molecule has 0 bridgehead atoms. The van der Waals surface area contributed by atoms with Crippen molar-refractivity contribution in [1.29, 1.82) is 0 Å². The molecule has 5 nitrogen and oxygen atoms in total. The van der Waals surface area contributed by atoms with Crippen LogP contribution >= 0.6 is 11.6 Å². The van der Waals surface area contributed by atoms with E-state index in [0.29, 0.717) is 16.1 Å². The van der Waals surface area contributed by atoms with Gasteiger partial charge in [-0.3, -0.25) is 9.59 Å². The first kappa shape index (κ1) is 22.7. The van der Waals surface area contributed by atoms with Crippen LogP contribution in [0.3, 0.4) is 0 Å². The summed E-state index contributed by atoms with van der Waals surface area (Å²) in [4.78, 5) is 25.6. The van der Waals surface area contributed by atoms with Gasteiger partial charge in [0, 0.05) is 16.1 Å². The van der Waals surface area contributed by atoms with E-state index in [0.717, 1.165) is 5.56 Å². The Morgan fingerprint density at radius 2 is 1.52 bits per heavy atom. The van der Waals surface area contributed by atoms with Gasteiger partial charge in [-0.2, -0.15) is 0 Å². The summed E-state index contributed by atoms with van der Waals surface area (Å²) in [5.41, 5.74) is 1.76. The highest BCUT2D eigenvalue weighted by atomic mass is 35.5. The summed E-state index contributed by atoms with van der Waals surface area (Å²) in [5, 5.41) is 0.477. The molecule has 0 amide bonds. The monoisotopic (exact) mass is 456 g/mol. The molecular weight excluding hydrogens is 436 g/mol. The molecule has 0 saturated carbocycles. The van der Waals surface area contributed by atoms with E-state index in [2.05, 4.69) is 0 Å². The molecule has 31 heavy (non-hydrogen) atoms. The van der Waals surface area contributed by atoms with E-state index in [1.54, 1.807) is 66.7 Å². The average molecular weight is 457 g/mol. The zero-order valence-corrected chi connectivity index (χ0v) is 18.4. The number of ketones is 1. The SMILES string of the molecule is Cc1ccc(S(=O)(=O)CCC(=O)O[C@@H](C(=O)c2ccccc2)c2ccc(Cl)cc2)cc1. The van der Waals surface area contributed by atoms with E-state index in [9.17, 15) is 18.0 Å². The molecule has 0 radical (unpaired) electrons. The van der Waals surface area contributed by atoms with E-state index < -0.39 is 33.4 Å². The van der Waals surface area contributed by atoms with Crippen LogP contribution < -0.4 is 0 Å². The first-order chi connectivity index (χ1) is 14.8. The second-order valence-electron chi connectivity index (χ2n) is 7.03. The van der Waals surface area contributed by atoms with Gasteiger partial charge in [-0.15, -0.1) is 0 Å². The Bertz CT molecular complexity index is 1150. The Labute approximate surface area is 186 Å². The molecule has 3 aromatic rings. The maximum absolute atomic E-state index is 13.0. The van der Waals surface area contributed by atoms with Crippen molar-refractivity contribution in [3.63, 3.8) is 0 Å². The maximum Gasteiger partial charge on any atom is 0.307 e. The molecular formula is C24H21ClO5S. The summed E-state index contributed by atoms with van der Waals surface area (Å²) in [5.74, 6) is -1.60. The first-order valence-electron chi connectivity index (χ1n) is 9.60. The summed E-state index contributed by atoms with van der Waals surface area (Å²) >= 11 is 5.93. The number of sulfone groups is 1. The number of Topliss-reactive ketones (excluding diaryl/α,β-unsaturated/α-hetero) is 1.